The molecular weight excluding hydrogens is 196 g/mol. The molecule has 1 fully saturated rings. The SMILES string of the molecule is CN(C)c1ccc(C=C2CCCCN2)cc1. The van der Waals surface area contributed by atoms with Crippen LogP contribution in [0.5, 0.6) is 0 Å². The highest BCUT2D eigenvalue weighted by Gasteiger charge is 2.03. The molecule has 0 amide bonds. The van der Waals surface area contributed by atoms with E-state index in [1.807, 2.05) is 0 Å². The van der Waals surface area contributed by atoms with E-state index in [0.29, 0.717) is 0 Å². The molecule has 0 bridgehead atoms. The Balaban J connectivity index is 2.09. The summed E-state index contributed by atoms with van der Waals surface area (Å²) in [4.78, 5) is 2.12. The molecule has 0 atom stereocenters. The molecule has 1 aromatic rings. The van der Waals surface area contributed by atoms with E-state index in [9.17, 15) is 0 Å². The van der Waals surface area contributed by atoms with Gasteiger partial charge in [0.05, 0.1) is 0 Å². The fraction of sp³-hybridized carbons (Fsp3) is 0.429. The second kappa shape index (κ2) is 5.06. The van der Waals surface area contributed by atoms with Gasteiger partial charge in [0.15, 0.2) is 0 Å². The lowest BCUT2D eigenvalue weighted by Crippen LogP contribution is -2.19. The Morgan fingerprint density at radius 2 is 1.88 bits per heavy atom. The zero-order chi connectivity index (χ0) is 11.4. The first kappa shape index (κ1) is 11.1. The third-order valence-corrected chi connectivity index (χ3v) is 2.98. The maximum atomic E-state index is 3.46. The molecule has 2 heteroatoms. The first-order valence-corrected chi connectivity index (χ1v) is 5.97. The highest BCUT2D eigenvalue weighted by atomic mass is 15.1. The molecule has 86 valence electrons. The Bertz CT molecular complexity index is 355. The minimum Gasteiger partial charge on any atom is -0.388 e. The number of hydrogen-bond donors (Lipinski definition) is 1. The third kappa shape index (κ3) is 2.78. The standard InChI is InChI=1S/C14H20N2/c1-16(2)14-8-6-12(7-9-14)11-13-5-3-4-10-15-13/h6-9,11,15H,3-5,10H2,1-2H3. The smallest absolute Gasteiger partial charge is 0.0361 e. The number of benzene rings is 1. The summed E-state index contributed by atoms with van der Waals surface area (Å²) in [5.41, 5.74) is 3.91. The van der Waals surface area contributed by atoms with Gasteiger partial charge >= 0.3 is 0 Å². The molecule has 16 heavy (non-hydrogen) atoms. The van der Waals surface area contributed by atoms with Crippen LogP contribution in [-0.2, 0) is 0 Å². The van der Waals surface area contributed by atoms with E-state index in [0.717, 1.165) is 6.54 Å². The molecule has 1 saturated heterocycles. The van der Waals surface area contributed by atoms with Crippen LogP contribution in [0.25, 0.3) is 6.08 Å². The predicted octanol–water partition coefficient (Wildman–Crippen LogP) is 2.87. The summed E-state index contributed by atoms with van der Waals surface area (Å²) >= 11 is 0. The van der Waals surface area contributed by atoms with Crippen LogP contribution in [0.4, 0.5) is 5.69 Å². The van der Waals surface area contributed by atoms with Crippen molar-refractivity contribution in [3.05, 3.63) is 35.5 Å². The van der Waals surface area contributed by atoms with Crippen molar-refractivity contribution in [2.75, 3.05) is 25.5 Å². The van der Waals surface area contributed by atoms with Crippen LogP contribution in [0.15, 0.2) is 30.0 Å². The number of allylic oxidation sites excluding steroid dienone is 1. The monoisotopic (exact) mass is 216 g/mol. The van der Waals surface area contributed by atoms with Crippen molar-refractivity contribution in [1.29, 1.82) is 0 Å². The van der Waals surface area contributed by atoms with E-state index in [1.54, 1.807) is 0 Å². The van der Waals surface area contributed by atoms with Gasteiger partial charge in [0.2, 0.25) is 0 Å². The highest BCUT2D eigenvalue weighted by molar-refractivity contribution is 5.57. The molecule has 1 aliphatic rings. The Kier molecular flexibility index (Phi) is 3.50. The summed E-state index contributed by atoms with van der Waals surface area (Å²) in [7, 11) is 4.13. The van der Waals surface area contributed by atoms with Gasteiger partial charge in [0, 0.05) is 32.0 Å². The Hall–Kier alpha value is -1.44. The molecule has 0 unspecified atom stereocenters. The van der Waals surface area contributed by atoms with Gasteiger partial charge in [0.25, 0.3) is 0 Å². The molecule has 0 radical (unpaired) electrons. The summed E-state index contributed by atoms with van der Waals surface area (Å²) < 4.78 is 0. The predicted molar refractivity (Wildman–Crippen MR) is 70.6 cm³/mol. The lowest BCUT2D eigenvalue weighted by Gasteiger charge is -2.17. The van der Waals surface area contributed by atoms with Crippen LogP contribution < -0.4 is 10.2 Å². The average molecular weight is 216 g/mol. The zero-order valence-corrected chi connectivity index (χ0v) is 10.2. The molecule has 0 aromatic heterocycles. The van der Waals surface area contributed by atoms with Crippen molar-refractivity contribution in [3.8, 4) is 0 Å². The number of nitrogens with zero attached hydrogens (tertiary/aromatic N) is 1. The fourth-order valence-electron chi connectivity index (χ4n) is 1.97. The molecule has 1 N–H and O–H groups in total. The molecule has 2 rings (SSSR count). The van der Waals surface area contributed by atoms with Crippen LogP contribution >= 0.6 is 0 Å². The number of nitrogens with one attached hydrogen (secondary N) is 1. The van der Waals surface area contributed by atoms with Crippen LogP contribution in [0.3, 0.4) is 0 Å². The van der Waals surface area contributed by atoms with Crippen molar-refractivity contribution < 1.29 is 0 Å². The first-order valence-electron chi connectivity index (χ1n) is 5.97. The Morgan fingerprint density at radius 1 is 1.12 bits per heavy atom. The first-order chi connectivity index (χ1) is 7.75. The lowest BCUT2D eigenvalue weighted by atomic mass is 10.1. The van der Waals surface area contributed by atoms with Crippen LogP contribution in [-0.4, -0.2) is 20.6 Å². The van der Waals surface area contributed by atoms with Gasteiger partial charge in [0.1, 0.15) is 0 Å². The summed E-state index contributed by atoms with van der Waals surface area (Å²) in [5.74, 6) is 0. The van der Waals surface area contributed by atoms with Crippen molar-refractivity contribution in [2.45, 2.75) is 19.3 Å². The molecule has 1 aromatic carbocycles. The van der Waals surface area contributed by atoms with Gasteiger partial charge in [-0.25, -0.2) is 0 Å². The second-order valence-electron chi connectivity index (χ2n) is 4.54. The van der Waals surface area contributed by atoms with Gasteiger partial charge in [-0.1, -0.05) is 12.1 Å². The van der Waals surface area contributed by atoms with Crippen LogP contribution in [0, 0.1) is 0 Å². The van der Waals surface area contributed by atoms with Gasteiger partial charge in [-0.15, -0.1) is 0 Å². The molecule has 0 saturated carbocycles. The van der Waals surface area contributed by atoms with Crippen molar-refractivity contribution >= 4 is 11.8 Å². The van der Waals surface area contributed by atoms with Gasteiger partial charge in [-0.3, -0.25) is 0 Å². The number of piperidine rings is 1. The lowest BCUT2D eigenvalue weighted by molar-refractivity contribution is 0.592. The minimum atomic E-state index is 1.13. The van der Waals surface area contributed by atoms with Crippen LogP contribution in [0.2, 0.25) is 0 Å². The summed E-state index contributed by atoms with van der Waals surface area (Å²) in [6.07, 6.45) is 6.07. The Labute approximate surface area is 98.0 Å². The van der Waals surface area contributed by atoms with E-state index in [4.69, 9.17) is 0 Å². The van der Waals surface area contributed by atoms with E-state index in [1.165, 1.54) is 36.2 Å². The minimum absolute atomic E-state index is 1.13. The molecule has 1 aliphatic heterocycles. The maximum absolute atomic E-state index is 3.46. The molecule has 2 nitrogen and oxygen atoms in total. The quantitative estimate of drug-likeness (QED) is 0.817. The molecular formula is C14H20N2. The van der Waals surface area contributed by atoms with Gasteiger partial charge in [-0.2, -0.15) is 0 Å². The topological polar surface area (TPSA) is 15.3 Å². The molecule has 0 spiro atoms. The van der Waals surface area contributed by atoms with E-state index >= 15 is 0 Å². The Morgan fingerprint density at radius 3 is 2.44 bits per heavy atom. The van der Waals surface area contributed by atoms with Crippen molar-refractivity contribution in [1.82, 2.24) is 5.32 Å². The summed E-state index contributed by atoms with van der Waals surface area (Å²) in [6, 6.07) is 8.68. The van der Waals surface area contributed by atoms with Gasteiger partial charge in [-0.05, 0) is 43.0 Å². The third-order valence-electron chi connectivity index (χ3n) is 2.98. The summed E-state index contributed by atoms with van der Waals surface area (Å²) in [6.45, 7) is 1.13. The summed E-state index contributed by atoms with van der Waals surface area (Å²) in [5, 5.41) is 3.46. The molecule has 0 aliphatic carbocycles. The average Bonchev–Trinajstić information content (AvgIpc) is 2.31. The number of anilines is 1. The van der Waals surface area contributed by atoms with Crippen molar-refractivity contribution in [2.24, 2.45) is 0 Å². The van der Waals surface area contributed by atoms with E-state index in [2.05, 4.69) is 54.7 Å². The van der Waals surface area contributed by atoms with Gasteiger partial charge < -0.3 is 10.2 Å². The second-order valence-corrected chi connectivity index (χ2v) is 4.54. The molecule has 1 heterocycles. The highest BCUT2D eigenvalue weighted by Crippen LogP contribution is 2.17. The fourth-order valence-corrected chi connectivity index (χ4v) is 1.97. The van der Waals surface area contributed by atoms with E-state index < -0.39 is 0 Å². The largest absolute Gasteiger partial charge is 0.388 e. The number of hydrogen-bond acceptors (Lipinski definition) is 2. The van der Waals surface area contributed by atoms with Crippen molar-refractivity contribution in [3.63, 3.8) is 0 Å². The normalized spacial score (nSPS) is 18.2. The van der Waals surface area contributed by atoms with E-state index in [-0.39, 0.29) is 0 Å². The number of rotatable bonds is 2. The zero-order valence-electron chi connectivity index (χ0n) is 10.2. The maximum Gasteiger partial charge on any atom is 0.0361 e. The van der Waals surface area contributed by atoms with Crippen LogP contribution in [0.1, 0.15) is 24.8 Å².